The second-order valence-corrected chi connectivity index (χ2v) is 11.2. The van der Waals surface area contributed by atoms with Crippen molar-refractivity contribution in [2.24, 2.45) is 7.05 Å². The van der Waals surface area contributed by atoms with Crippen LogP contribution in [0.5, 0.6) is 11.6 Å². The number of rotatable bonds is 7. The number of nitrogens with zero attached hydrogens (tertiary/aromatic N) is 6. The van der Waals surface area contributed by atoms with E-state index in [1.807, 2.05) is 18.4 Å². The SMILES string of the molecule is COc1nc(N(C)C)ncc1-c1c(OC(=O)O)c2c(n1C(C)C)C(c1ccc(Cl)cc1)N(c1cc(Cl)c(=O)n(C)c1)C2=O. The molecule has 43 heavy (non-hydrogen) atoms. The fourth-order valence-electron chi connectivity index (χ4n) is 5.29. The standard InChI is InChI=1S/C29H28Cl2N6O6/c1-14(2)36-22(18-12-32-28(34(3)4)33-25(18)42-6)24(43-29(40)41)20-23(36)21(15-7-9-16(30)10-8-15)37(27(20)39)17-11-19(31)26(38)35(5)13-17/h7-14,21H,1-6H3,(H,40,41). The number of methoxy groups -OCH3 is 1. The molecule has 224 valence electrons. The van der Waals surface area contributed by atoms with Crippen LogP contribution in [-0.4, -0.2) is 57.5 Å². The lowest BCUT2D eigenvalue weighted by atomic mass is 10.0. The van der Waals surface area contributed by atoms with E-state index in [-0.39, 0.29) is 34.0 Å². The second-order valence-electron chi connectivity index (χ2n) is 10.3. The Kier molecular flexibility index (Phi) is 7.84. The van der Waals surface area contributed by atoms with E-state index in [9.17, 15) is 19.5 Å². The molecule has 0 radical (unpaired) electrons. The topological polar surface area (TPSA) is 132 Å². The van der Waals surface area contributed by atoms with Gasteiger partial charge in [0, 0.05) is 44.6 Å². The molecule has 3 aromatic heterocycles. The molecule has 5 rings (SSSR count). The zero-order chi connectivity index (χ0) is 31.3. The number of amides is 1. The van der Waals surface area contributed by atoms with Gasteiger partial charge in [-0.05, 0) is 37.6 Å². The van der Waals surface area contributed by atoms with E-state index in [1.54, 1.807) is 43.3 Å². The van der Waals surface area contributed by atoms with E-state index >= 15 is 0 Å². The molecule has 0 spiro atoms. The molecule has 4 heterocycles. The summed E-state index contributed by atoms with van der Waals surface area (Å²) in [6, 6.07) is 7.23. The Hall–Kier alpha value is -4.55. The third-order valence-corrected chi connectivity index (χ3v) is 7.56. The largest absolute Gasteiger partial charge is 0.511 e. The fourth-order valence-corrected chi connectivity index (χ4v) is 5.66. The van der Waals surface area contributed by atoms with Crippen LogP contribution in [0.15, 0.2) is 47.5 Å². The number of pyridine rings is 1. The molecule has 1 amide bonds. The van der Waals surface area contributed by atoms with Crippen LogP contribution in [0.1, 0.15) is 47.5 Å². The van der Waals surface area contributed by atoms with E-state index in [2.05, 4.69) is 9.97 Å². The lowest BCUT2D eigenvalue weighted by Crippen LogP contribution is -2.32. The number of anilines is 2. The normalized spacial score (nSPS) is 14.3. The summed E-state index contributed by atoms with van der Waals surface area (Å²) in [5, 5.41) is 10.3. The predicted molar refractivity (Wildman–Crippen MR) is 162 cm³/mol. The summed E-state index contributed by atoms with van der Waals surface area (Å²) in [5.74, 6) is -0.238. The average Bonchev–Trinajstić information content (AvgIpc) is 3.43. The highest BCUT2D eigenvalue weighted by atomic mass is 35.5. The predicted octanol–water partition coefficient (Wildman–Crippen LogP) is 5.41. The molecule has 0 saturated carbocycles. The van der Waals surface area contributed by atoms with E-state index in [4.69, 9.17) is 32.7 Å². The summed E-state index contributed by atoms with van der Waals surface area (Å²) in [4.78, 5) is 51.1. The van der Waals surface area contributed by atoms with Crippen molar-refractivity contribution >= 4 is 46.9 Å². The number of benzene rings is 1. The minimum Gasteiger partial charge on any atom is -0.480 e. The number of carboxylic acid groups (broad SMARTS) is 1. The van der Waals surface area contributed by atoms with E-state index in [1.165, 1.54) is 42.1 Å². The van der Waals surface area contributed by atoms with Gasteiger partial charge >= 0.3 is 6.16 Å². The number of carbonyl (C=O) groups is 2. The zero-order valence-corrected chi connectivity index (χ0v) is 25.6. The molecule has 0 fully saturated rings. The molecule has 1 atom stereocenters. The zero-order valence-electron chi connectivity index (χ0n) is 24.1. The number of hydrogen-bond acceptors (Lipinski definition) is 8. The molecule has 0 bridgehead atoms. The summed E-state index contributed by atoms with van der Waals surface area (Å²) >= 11 is 12.5. The van der Waals surface area contributed by atoms with Crippen LogP contribution in [-0.2, 0) is 7.05 Å². The summed E-state index contributed by atoms with van der Waals surface area (Å²) in [6.45, 7) is 3.79. The van der Waals surface area contributed by atoms with Gasteiger partial charge in [-0.2, -0.15) is 4.98 Å². The van der Waals surface area contributed by atoms with Crippen molar-refractivity contribution in [3.8, 4) is 22.9 Å². The van der Waals surface area contributed by atoms with E-state index in [0.717, 1.165) is 0 Å². The Labute approximate surface area is 256 Å². The van der Waals surface area contributed by atoms with Gasteiger partial charge in [0.05, 0.1) is 24.1 Å². The van der Waals surface area contributed by atoms with Gasteiger partial charge in [0.2, 0.25) is 11.8 Å². The number of carbonyl (C=O) groups excluding carboxylic acids is 1. The summed E-state index contributed by atoms with van der Waals surface area (Å²) in [7, 11) is 6.51. The molecule has 1 aliphatic rings. The monoisotopic (exact) mass is 626 g/mol. The number of hydrogen-bond donors (Lipinski definition) is 1. The molecule has 1 unspecified atom stereocenters. The molecule has 0 saturated heterocycles. The van der Waals surface area contributed by atoms with Crippen molar-refractivity contribution in [3.05, 3.63) is 79.9 Å². The Morgan fingerprint density at radius 2 is 1.81 bits per heavy atom. The highest BCUT2D eigenvalue weighted by Crippen LogP contribution is 2.52. The summed E-state index contributed by atoms with van der Waals surface area (Å²) < 4.78 is 14.1. The Morgan fingerprint density at radius 3 is 2.37 bits per heavy atom. The molecule has 12 nitrogen and oxygen atoms in total. The molecule has 1 aliphatic heterocycles. The van der Waals surface area contributed by atoms with Gasteiger partial charge in [-0.15, -0.1) is 0 Å². The molecule has 1 N–H and O–H groups in total. The van der Waals surface area contributed by atoms with Gasteiger partial charge in [0.25, 0.3) is 11.5 Å². The van der Waals surface area contributed by atoms with E-state index < -0.39 is 23.7 Å². The molecular weight excluding hydrogens is 599 g/mol. The van der Waals surface area contributed by atoms with Crippen molar-refractivity contribution in [2.45, 2.75) is 25.9 Å². The Morgan fingerprint density at radius 1 is 1.14 bits per heavy atom. The van der Waals surface area contributed by atoms with Crippen molar-refractivity contribution in [3.63, 3.8) is 0 Å². The number of aromatic nitrogens is 4. The van der Waals surface area contributed by atoms with Gasteiger partial charge < -0.3 is 28.6 Å². The third-order valence-electron chi connectivity index (χ3n) is 7.03. The van der Waals surface area contributed by atoms with Gasteiger partial charge in [-0.3, -0.25) is 14.5 Å². The quantitative estimate of drug-likeness (QED) is 0.267. The first-order chi connectivity index (χ1) is 20.3. The van der Waals surface area contributed by atoms with Crippen LogP contribution in [0.2, 0.25) is 10.0 Å². The Balaban J connectivity index is 1.89. The molecular formula is C29H28Cl2N6O6. The van der Waals surface area contributed by atoms with Crippen LogP contribution in [0.4, 0.5) is 16.4 Å². The maximum atomic E-state index is 14.5. The number of ether oxygens (including phenoxy) is 2. The van der Waals surface area contributed by atoms with Crippen LogP contribution in [0.3, 0.4) is 0 Å². The van der Waals surface area contributed by atoms with Crippen LogP contribution < -0.4 is 24.8 Å². The number of aryl methyl sites for hydroxylation is 1. The first kappa shape index (κ1) is 29.9. The number of fused-ring (bicyclic) bond motifs is 1. The minimum absolute atomic E-state index is 0.0229. The van der Waals surface area contributed by atoms with Crippen molar-refractivity contribution in [1.82, 2.24) is 19.1 Å². The molecule has 1 aromatic carbocycles. The number of halogens is 2. The molecule has 14 heteroatoms. The second kappa shape index (κ2) is 11.3. The van der Waals surface area contributed by atoms with Gasteiger partial charge in [-0.1, -0.05) is 35.3 Å². The van der Waals surface area contributed by atoms with Gasteiger partial charge in [-0.25, -0.2) is 9.78 Å². The van der Waals surface area contributed by atoms with Crippen molar-refractivity contribution in [1.29, 1.82) is 0 Å². The molecule has 0 aliphatic carbocycles. The van der Waals surface area contributed by atoms with Gasteiger partial charge in [0.1, 0.15) is 22.3 Å². The highest BCUT2D eigenvalue weighted by molar-refractivity contribution is 6.31. The van der Waals surface area contributed by atoms with Crippen LogP contribution >= 0.6 is 23.2 Å². The lowest BCUT2D eigenvalue weighted by Gasteiger charge is -2.29. The lowest BCUT2D eigenvalue weighted by molar-refractivity contribution is 0.0990. The van der Waals surface area contributed by atoms with E-state index in [0.29, 0.717) is 33.5 Å². The van der Waals surface area contributed by atoms with Crippen LogP contribution in [0.25, 0.3) is 11.3 Å². The van der Waals surface area contributed by atoms with Crippen molar-refractivity contribution < 1.29 is 24.2 Å². The molecule has 4 aromatic rings. The summed E-state index contributed by atoms with van der Waals surface area (Å²) in [5.41, 5.74) is 1.62. The van der Waals surface area contributed by atoms with Gasteiger partial charge in [0.15, 0.2) is 5.75 Å². The smallest absolute Gasteiger partial charge is 0.480 e. The Bertz CT molecular complexity index is 1790. The maximum absolute atomic E-state index is 14.5. The first-order valence-corrected chi connectivity index (χ1v) is 13.8. The first-order valence-electron chi connectivity index (χ1n) is 13.1. The van der Waals surface area contributed by atoms with Crippen LogP contribution in [0, 0.1) is 0 Å². The average molecular weight is 627 g/mol. The summed E-state index contributed by atoms with van der Waals surface area (Å²) in [6.07, 6.45) is 1.39. The third kappa shape index (κ3) is 5.06. The van der Waals surface area contributed by atoms with Crippen molar-refractivity contribution in [2.75, 3.05) is 31.0 Å². The minimum atomic E-state index is -1.62. The fraction of sp³-hybridized carbons (Fsp3) is 0.276. The highest BCUT2D eigenvalue weighted by Gasteiger charge is 2.48. The maximum Gasteiger partial charge on any atom is 0.511 e.